The minimum absolute atomic E-state index is 0.257. The van der Waals surface area contributed by atoms with Crippen molar-refractivity contribution in [3.63, 3.8) is 0 Å². The van der Waals surface area contributed by atoms with E-state index in [1.165, 1.54) is 11.0 Å². The van der Waals surface area contributed by atoms with Crippen molar-refractivity contribution in [1.82, 2.24) is 25.2 Å². The van der Waals surface area contributed by atoms with Crippen LogP contribution in [-0.2, 0) is 6.61 Å². The van der Waals surface area contributed by atoms with Crippen LogP contribution >= 0.6 is 0 Å². The van der Waals surface area contributed by atoms with E-state index < -0.39 is 0 Å². The first-order valence-electron chi connectivity index (χ1n) is 8.93. The quantitative estimate of drug-likeness (QED) is 0.531. The number of pyridine rings is 1. The van der Waals surface area contributed by atoms with E-state index in [4.69, 9.17) is 10.00 Å². The predicted molar refractivity (Wildman–Crippen MR) is 107 cm³/mol. The van der Waals surface area contributed by atoms with Crippen molar-refractivity contribution in [2.75, 3.05) is 5.32 Å². The molecule has 0 saturated carbocycles. The highest BCUT2D eigenvalue weighted by molar-refractivity contribution is 6.04. The molecule has 9 heteroatoms. The highest BCUT2D eigenvalue weighted by Gasteiger charge is 2.12. The molecule has 1 amide bonds. The number of ether oxygens (including phenoxy) is 1. The second-order valence-corrected chi connectivity index (χ2v) is 6.23. The number of tetrazole rings is 1. The summed E-state index contributed by atoms with van der Waals surface area (Å²) < 4.78 is 7.39. The number of anilines is 1. The summed E-state index contributed by atoms with van der Waals surface area (Å²) in [7, 11) is 0. The topological polar surface area (TPSA) is 119 Å². The van der Waals surface area contributed by atoms with Gasteiger partial charge in [0, 0.05) is 23.6 Å². The van der Waals surface area contributed by atoms with Gasteiger partial charge in [0.25, 0.3) is 5.91 Å². The summed E-state index contributed by atoms with van der Waals surface area (Å²) in [5.41, 5.74) is 3.02. The van der Waals surface area contributed by atoms with Gasteiger partial charge < -0.3 is 10.1 Å². The fraction of sp³-hybridized carbons (Fsp3) is 0.0476. The number of hydrogen-bond acceptors (Lipinski definition) is 7. The summed E-state index contributed by atoms with van der Waals surface area (Å²) in [6.07, 6.45) is 4.55. The lowest BCUT2D eigenvalue weighted by molar-refractivity contribution is 0.102. The van der Waals surface area contributed by atoms with Crippen LogP contribution in [0.25, 0.3) is 5.69 Å². The molecule has 2 aromatic carbocycles. The summed E-state index contributed by atoms with van der Waals surface area (Å²) in [6, 6.07) is 17.7. The maximum absolute atomic E-state index is 12.4. The van der Waals surface area contributed by atoms with E-state index in [9.17, 15) is 4.79 Å². The minimum atomic E-state index is -0.262. The molecule has 0 saturated heterocycles. The van der Waals surface area contributed by atoms with Crippen LogP contribution in [0.3, 0.4) is 0 Å². The first-order valence-corrected chi connectivity index (χ1v) is 8.93. The average Bonchev–Trinajstić information content (AvgIpc) is 3.34. The molecule has 2 heterocycles. The Hall–Kier alpha value is -4.58. The van der Waals surface area contributed by atoms with Gasteiger partial charge in [-0.15, -0.1) is 5.10 Å². The zero-order valence-corrected chi connectivity index (χ0v) is 15.6. The molecule has 0 unspecified atom stereocenters. The van der Waals surface area contributed by atoms with Crippen LogP contribution < -0.4 is 10.1 Å². The Morgan fingerprint density at radius 3 is 2.77 bits per heavy atom. The van der Waals surface area contributed by atoms with Crippen molar-refractivity contribution in [2.45, 2.75) is 6.61 Å². The molecule has 4 aromatic rings. The molecule has 0 atom stereocenters. The highest BCUT2D eigenvalue weighted by Crippen LogP contribution is 2.27. The maximum atomic E-state index is 12.4. The van der Waals surface area contributed by atoms with Crippen LogP contribution in [-0.4, -0.2) is 31.1 Å². The summed E-state index contributed by atoms with van der Waals surface area (Å²) in [5, 5.41) is 23.1. The SMILES string of the molecule is N#Cc1cccc(COc2ccc(NC(=O)c3ccncc3)cc2-n2cnnn2)c1. The third-order valence-corrected chi connectivity index (χ3v) is 4.21. The van der Waals surface area contributed by atoms with Gasteiger partial charge in [-0.3, -0.25) is 9.78 Å². The second-order valence-electron chi connectivity index (χ2n) is 6.23. The van der Waals surface area contributed by atoms with Crippen LogP contribution in [0.5, 0.6) is 5.75 Å². The van der Waals surface area contributed by atoms with E-state index in [-0.39, 0.29) is 12.5 Å². The summed E-state index contributed by atoms with van der Waals surface area (Å²) >= 11 is 0. The first kappa shape index (κ1) is 18.8. The molecule has 30 heavy (non-hydrogen) atoms. The van der Waals surface area contributed by atoms with Crippen molar-refractivity contribution in [1.29, 1.82) is 5.26 Å². The number of rotatable bonds is 6. The molecular formula is C21H15N7O2. The van der Waals surface area contributed by atoms with E-state index in [0.29, 0.717) is 28.3 Å². The fourth-order valence-corrected chi connectivity index (χ4v) is 2.77. The van der Waals surface area contributed by atoms with Crippen LogP contribution in [0.4, 0.5) is 5.69 Å². The van der Waals surface area contributed by atoms with Crippen molar-refractivity contribution >= 4 is 11.6 Å². The van der Waals surface area contributed by atoms with E-state index in [1.807, 2.05) is 6.07 Å². The minimum Gasteiger partial charge on any atom is -0.487 e. The Kier molecular flexibility index (Phi) is 5.39. The molecule has 146 valence electrons. The molecule has 0 spiro atoms. The smallest absolute Gasteiger partial charge is 0.255 e. The van der Waals surface area contributed by atoms with Gasteiger partial charge in [-0.05, 0) is 58.5 Å². The molecule has 9 nitrogen and oxygen atoms in total. The summed E-state index contributed by atoms with van der Waals surface area (Å²) in [6.45, 7) is 0.257. The molecule has 0 aliphatic heterocycles. The number of nitrogens with zero attached hydrogens (tertiary/aromatic N) is 6. The Morgan fingerprint density at radius 1 is 1.13 bits per heavy atom. The van der Waals surface area contributed by atoms with E-state index >= 15 is 0 Å². The number of carbonyl (C=O) groups is 1. The van der Waals surface area contributed by atoms with Gasteiger partial charge in [-0.2, -0.15) is 9.94 Å². The highest BCUT2D eigenvalue weighted by atomic mass is 16.5. The molecule has 1 N–H and O–H groups in total. The number of nitrogens with one attached hydrogen (secondary N) is 1. The van der Waals surface area contributed by atoms with Crippen LogP contribution in [0, 0.1) is 11.3 Å². The van der Waals surface area contributed by atoms with Gasteiger partial charge in [-0.25, -0.2) is 0 Å². The van der Waals surface area contributed by atoms with Gasteiger partial charge in [-0.1, -0.05) is 12.1 Å². The molecule has 0 aliphatic rings. The molecular weight excluding hydrogens is 382 g/mol. The predicted octanol–water partition coefficient (Wildman–Crippen LogP) is 2.76. The molecule has 4 rings (SSSR count). The van der Waals surface area contributed by atoms with Crippen molar-refractivity contribution < 1.29 is 9.53 Å². The Balaban J connectivity index is 1.58. The van der Waals surface area contributed by atoms with Crippen LogP contribution in [0.2, 0.25) is 0 Å². The normalized spacial score (nSPS) is 10.2. The first-order chi connectivity index (χ1) is 14.7. The molecule has 2 aromatic heterocycles. The summed E-state index contributed by atoms with van der Waals surface area (Å²) in [5.74, 6) is 0.258. The van der Waals surface area contributed by atoms with E-state index in [0.717, 1.165) is 5.56 Å². The van der Waals surface area contributed by atoms with E-state index in [1.54, 1.807) is 60.9 Å². The Morgan fingerprint density at radius 2 is 2.00 bits per heavy atom. The lowest BCUT2D eigenvalue weighted by atomic mass is 10.1. The number of amides is 1. The van der Waals surface area contributed by atoms with E-state index in [2.05, 4.69) is 31.9 Å². The number of benzene rings is 2. The molecule has 0 bridgehead atoms. The Labute approximate surface area is 171 Å². The number of nitriles is 1. The van der Waals surface area contributed by atoms with Gasteiger partial charge >= 0.3 is 0 Å². The number of hydrogen-bond donors (Lipinski definition) is 1. The van der Waals surface area contributed by atoms with Gasteiger partial charge in [0.15, 0.2) is 0 Å². The Bertz CT molecular complexity index is 1200. The van der Waals surface area contributed by atoms with Gasteiger partial charge in [0.2, 0.25) is 0 Å². The van der Waals surface area contributed by atoms with Gasteiger partial charge in [0.05, 0.1) is 11.6 Å². The number of carbonyl (C=O) groups excluding carboxylic acids is 1. The molecule has 0 radical (unpaired) electrons. The van der Waals surface area contributed by atoms with Crippen molar-refractivity contribution in [3.8, 4) is 17.5 Å². The fourth-order valence-electron chi connectivity index (χ4n) is 2.77. The largest absolute Gasteiger partial charge is 0.487 e. The molecule has 0 fully saturated rings. The zero-order valence-electron chi connectivity index (χ0n) is 15.6. The van der Waals surface area contributed by atoms with Gasteiger partial charge in [0.1, 0.15) is 24.4 Å². The maximum Gasteiger partial charge on any atom is 0.255 e. The lowest BCUT2D eigenvalue weighted by Gasteiger charge is -2.13. The van der Waals surface area contributed by atoms with Crippen LogP contribution in [0.1, 0.15) is 21.5 Å². The second kappa shape index (κ2) is 8.62. The monoisotopic (exact) mass is 397 g/mol. The summed E-state index contributed by atoms with van der Waals surface area (Å²) in [4.78, 5) is 16.3. The van der Waals surface area contributed by atoms with Crippen molar-refractivity contribution in [3.05, 3.63) is 90.0 Å². The molecule has 0 aliphatic carbocycles. The van der Waals surface area contributed by atoms with Crippen LogP contribution in [0.15, 0.2) is 73.3 Å². The lowest BCUT2D eigenvalue weighted by Crippen LogP contribution is -2.12. The zero-order chi connectivity index (χ0) is 20.8. The third kappa shape index (κ3) is 4.28. The van der Waals surface area contributed by atoms with Crippen molar-refractivity contribution in [2.24, 2.45) is 0 Å². The number of aromatic nitrogens is 5. The average molecular weight is 397 g/mol. The standard InChI is InChI=1S/C21H15N7O2/c22-12-15-2-1-3-16(10-15)13-30-20-5-4-18(11-19(20)28-14-24-26-27-28)25-21(29)17-6-8-23-9-7-17/h1-11,14H,13H2,(H,25,29). The third-order valence-electron chi connectivity index (χ3n) is 4.21.